The summed E-state index contributed by atoms with van der Waals surface area (Å²) in [5.41, 5.74) is 1.14. The van der Waals surface area contributed by atoms with E-state index < -0.39 is 6.10 Å². The fourth-order valence-corrected chi connectivity index (χ4v) is 2.91. The van der Waals surface area contributed by atoms with E-state index in [1.165, 1.54) is 0 Å². The molecular weight excluding hydrogens is 358 g/mol. The normalized spacial score (nSPS) is 12.0. The number of nitrogens with zero attached hydrogens (tertiary/aromatic N) is 1. The van der Waals surface area contributed by atoms with Gasteiger partial charge in [-0.15, -0.1) is 0 Å². The molecule has 0 aliphatic carbocycles. The Kier molecular flexibility index (Phi) is 9.62. The highest BCUT2D eigenvalue weighted by atomic mass is 16.5. The maximum Gasteiger partial charge on any atom is 0.119 e. The minimum atomic E-state index is -0.602. The Morgan fingerprint density at radius 2 is 1.64 bits per heavy atom. The van der Waals surface area contributed by atoms with Crippen LogP contribution >= 0.6 is 0 Å². The zero-order valence-corrected chi connectivity index (χ0v) is 17.0. The molecule has 0 saturated carbocycles. The van der Waals surface area contributed by atoms with E-state index >= 15 is 0 Å². The number of aliphatic hydroxyl groups excluding tert-OH is 1. The van der Waals surface area contributed by atoms with Gasteiger partial charge >= 0.3 is 0 Å². The van der Waals surface area contributed by atoms with Gasteiger partial charge in [0, 0.05) is 33.4 Å². The van der Waals surface area contributed by atoms with E-state index in [-0.39, 0.29) is 6.61 Å². The number of benzene rings is 2. The Balaban J connectivity index is 1.89. The van der Waals surface area contributed by atoms with Crippen LogP contribution in [0.2, 0.25) is 0 Å². The maximum absolute atomic E-state index is 10.5. The van der Waals surface area contributed by atoms with Crippen LogP contribution in [-0.2, 0) is 11.3 Å². The van der Waals surface area contributed by atoms with Crippen LogP contribution in [0.25, 0.3) is 0 Å². The summed E-state index contributed by atoms with van der Waals surface area (Å²) in [4.78, 5) is 2.20. The van der Waals surface area contributed by atoms with Gasteiger partial charge in [-0.25, -0.2) is 0 Å². The number of hydrogen-bond acceptors (Lipinski definition) is 6. The van der Waals surface area contributed by atoms with Crippen molar-refractivity contribution in [1.82, 2.24) is 4.90 Å². The van der Waals surface area contributed by atoms with E-state index in [2.05, 4.69) is 11.0 Å². The molecule has 0 amide bonds. The molecule has 1 atom stereocenters. The largest absolute Gasteiger partial charge is 0.497 e. The van der Waals surface area contributed by atoms with Crippen molar-refractivity contribution in [2.45, 2.75) is 19.1 Å². The van der Waals surface area contributed by atoms with Gasteiger partial charge in [-0.1, -0.05) is 12.1 Å². The van der Waals surface area contributed by atoms with Crippen LogP contribution in [0.4, 0.5) is 0 Å². The third kappa shape index (κ3) is 7.76. The predicted molar refractivity (Wildman–Crippen MR) is 109 cm³/mol. The molecule has 2 aromatic carbocycles. The van der Waals surface area contributed by atoms with Crippen molar-refractivity contribution in [2.75, 3.05) is 47.6 Å². The van der Waals surface area contributed by atoms with Crippen molar-refractivity contribution in [3.05, 3.63) is 54.1 Å². The van der Waals surface area contributed by atoms with Crippen molar-refractivity contribution >= 4 is 0 Å². The number of methoxy groups -OCH3 is 3. The molecule has 1 N–H and O–H groups in total. The van der Waals surface area contributed by atoms with E-state index in [1.54, 1.807) is 21.3 Å². The summed E-state index contributed by atoms with van der Waals surface area (Å²) in [5.74, 6) is 2.31. The van der Waals surface area contributed by atoms with Gasteiger partial charge < -0.3 is 24.1 Å². The first kappa shape index (κ1) is 22.0. The van der Waals surface area contributed by atoms with Gasteiger partial charge in [0.1, 0.15) is 30.0 Å². The van der Waals surface area contributed by atoms with Gasteiger partial charge in [-0.3, -0.25) is 4.90 Å². The number of ether oxygens (including phenoxy) is 4. The first-order valence-corrected chi connectivity index (χ1v) is 9.43. The molecule has 0 saturated heterocycles. The summed E-state index contributed by atoms with van der Waals surface area (Å²) in [6, 6.07) is 15.3. The van der Waals surface area contributed by atoms with E-state index in [1.807, 2.05) is 42.5 Å². The second-order valence-electron chi connectivity index (χ2n) is 6.57. The molecule has 0 fully saturated rings. The fourth-order valence-electron chi connectivity index (χ4n) is 2.91. The predicted octanol–water partition coefficient (Wildman–Crippen LogP) is 2.98. The summed E-state index contributed by atoms with van der Waals surface area (Å²) in [5, 5.41) is 10.5. The second-order valence-corrected chi connectivity index (χ2v) is 6.57. The molecule has 0 aliphatic heterocycles. The third-order valence-corrected chi connectivity index (χ3v) is 4.33. The SMILES string of the molecule is COCCCN(Cc1cccc(OC)c1)CC(O)COc1ccc(OC)cc1. The molecule has 0 bridgehead atoms. The molecule has 154 valence electrons. The monoisotopic (exact) mass is 389 g/mol. The molecule has 1 unspecified atom stereocenters. The van der Waals surface area contributed by atoms with Crippen molar-refractivity contribution in [2.24, 2.45) is 0 Å². The van der Waals surface area contributed by atoms with Crippen molar-refractivity contribution in [1.29, 1.82) is 0 Å². The Morgan fingerprint density at radius 1 is 0.929 bits per heavy atom. The number of rotatable bonds is 13. The van der Waals surface area contributed by atoms with Crippen LogP contribution in [-0.4, -0.2) is 63.7 Å². The lowest BCUT2D eigenvalue weighted by atomic mass is 10.2. The first-order valence-electron chi connectivity index (χ1n) is 9.43. The zero-order chi connectivity index (χ0) is 20.2. The highest BCUT2D eigenvalue weighted by molar-refractivity contribution is 5.31. The minimum Gasteiger partial charge on any atom is -0.497 e. The summed E-state index contributed by atoms with van der Waals surface area (Å²) in [6.45, 7) is 2.97. The Hall–Kier alpha value is -2.28. The number of aliphatic hydroxyl groups is 1. The third-order valence-electron chi connectivity index (χ3n) is 4.33. The molecule has 6 nitrogen and oxygen atoms in total. The van der Waals surface area contributed by atoms with Crippen LogP contribution in [0.1, 0.15) is 12.0 Å². The lowest BCUT2D eigenvalue weighted by molar-refractivity contribution is 0.0617. The highest BCUT2D eigenvalue weighted by Gasteiger charge is 2.14. The lowest BCUT2D eigenvalue weighted by Gasteiger charge is -2.25. The maximum atomic E-state index is 10.5. The molecule has 28 heavy (non-hydrogen) atoms. The number of hydrogen-bond donors (Lipinski definition) is 1. The van der Waals surface area contributed by atoms with Crippen molar-refractivity contribution in [3.8, 4) is 17.2 Å². The van der Waals surface area contributed by atoms with Gasteiger partial charge in [0.25, 0.3) is 0 Å². The van der Waals surface area contributed by atoms with E-state index in [0.717, 1.165) is 36.6 Å². The summed E-state index contributed by atoms with van der Waals surface area (Å²) in [6.07, 6.45) is 0.294. The molecule has 0 aromatic heterocycles. The Bertz CT molecular complexity index is 677. The van der Waals surface area contributed by atoms with Crippen LogP contribution in [0.15, 0.2) is 48.5 Å². The lowest BCUT2D eigenvalue weighted by Crippen LogP contribution is -2.36. The Labute approximate surface area is 167 Å². The molecule has 0 spiro atoms. The summed E-state index contributed by atoms with van der Waals surface area (Å²) in [7, 11) is 4.99. The molecular formula is C22H31NO5. The van der Waals surface area contributed by atoms with Gasteiger partial charge in [-0.2, -0.15) is 0 Å². The average Bonchev–Trinajstić information content (AvgIpc) is 2.73. The van der Waals surface area contributed by atoms with E-state index in [9.17, 15) is 5.11 Å². The standard InChI is InChI=1S/C22H31NO5/c1-25-13-5-12-23(15-18-6-4-7-22(14-18)27-3)16-19(24)17-28-21-10-8-20(26-2)9-11-21/h4,6-11,14,19,24H,5,12-13,15-17H2,1-3H3. The Morgan fingerprint density at radius 3 is 2.32 bits per heavy atom. The fraction of sp³-hybridized carbons (Fsp3) is 0.455. The molecule has 0 radical (unpaired) electrons. The van der Waals surface area contributed by atoms with Crippen LogP contribution in [0.3, 0.4) is 0 Å². The molecule has 2 rings (SSSR count). The minimum absolute atomic E-state index is 0.227. The molecule has 0 aliphatic rings. The smallest absolute Gasteiger partial charge is 0.119 e. The van der Waals surface area contributed by atoms with Gasteiger partial charge in [0.05, 0.1) is 14.2 Å². The molecule has 0 heterocycles. The van der Waals surface area contributed by atoms with E-state index in [0.29, 0.717) is 18.9 Å². The highest BCUT2D eigenvalue weighted by Crippen LogP contribution is 2.18. The quantitative estimate of drug-likeness (QED) is 0.532. The van der Waals surface area contributed by atoms with Gasteiger partial charge in [0.2, 0.25) is 0 Å². The summed E-state index contributed by atoms with van der Waals surface area (Å²) >= 11 is 0. The van der Waals surface area contributed by atoms with Crippen molar-refractivity contribution in [3.63, 3.8) is 0 Å². The van der Waals surface area contributed by atoms with Crippen LogP contribution in [0.5, 0.6) is 17.2 Å². The first-order chi connectivity index (χ1) is 13.6. The van der Waals surface area contributed by atoms with Crippen LogP contribution in [0, 0.1) is 0 Å². The van der Waals surface area contributed by atoms with Gasteiger partial charge in [-0.05, 0) is 48.4 Å². The molecule has 2 aromatic rings. The summed E-state index contributed by atoms with van der Waals surface area (Å²) < 4.78 is 21.3. The van der Waals surface area contributed by atoms with Gasteiger partial charge in [0.15, 0.2) is 0 Å². The zero-order valence-electron chi connectivity index (χ0n) is 17.0. The average molecular weight is 389 g/mol. The topological polar surface area (TPSA) is 60.4 Å². The van der Waals surface area contributed by atoms with Crippen molar-refractivity contribution < 1.29 is 24.1 Å². The van der Waals surface area contributed by atoms with Crippen LogP contribution < -0.4 is 14.2 Å². The molecule has 6 heteroatoms. The van der Waals surface area contributed by atoms with E-state index in [4.69, 9.17) is 18.9 Å². The second kappa shape index (κ2) is 12.2.